The lowest BCUT2D eigenvalue weighted by Crippen LogP contribution is -1.86. The molecule has 0 aliphatic carbocycles. The summed E-state index contributed by atoms with van der Waals surface area (Å²) in [4.78, 5) is 18.4. The number of pyridine rings is 2. The number of hydrogen-bond acceptors (Lipinski definition) is 5. The van der Waals surface area contributed by atoms with Crippen LogP contribution in [0.3, 0.4) is 0 Å². The third-order valence-corrected chi connectivity index (χ3v) is 3.71. The Bertz CT molecular complexity index is 847. The van der Waals surface area contributed by atoms with Crippen molar-refractivity contribution < 1.29 is 0 Å². The number of rotatable bonds is 0. The van der Waals surface area contributed by atoms with Crippen molar-refractivity contribution in [1.82, 2.24) is 19.9 Å². The van der Waals surface area contributed by atoms with Crippen LogP contribution in [0.1, 0.15) is 0 Å². The summed E-state index contributed by atoms with van der Waals surface area (Å²) in [5, 5.41) is 1.06. The van der Waals surface area contributed by atoms with E-state index in [0.29, 0.717) is 5.65 Å². The molecule has 0 fully saturated rings. The van der Waals surface area contributed by atoms with Crippen molar-refractivity contribution in [2.75, 3.05) is 0 Å². The molecule has 0 bridgehead atoms. The number of aromatic nitrogens is 4. The Labute approximate surface area is 100.0 Å². The van der Waals surface area contributed by atoms with Crippen LogP contribution in [-0.4, -0.2) is 19.9 Å². The fourth-order valence-electron chi connectivity index (χ4n) is 1.88. The zero-order valence-electron chi connectivity index (χ0n) is 8.66. The van der Waals surface area contributed by atoms with Crippen LogP contribution in [0.25, 0.3) is 31.6 Å². The fraction of sp³-hybridized carbons (Fsp3) is 0. The summed E-state index contributed by atoms with van der Waals surface area (Å²) in [7, 11) is 0. The molecule has 4 aromatic rings. The van der Waals surface area contributed by atoms with Gasteiger partial charge in [0, 0.05) is 28.7 Å². The van der Waals surface area contributed by atoms with Gasteiger partial charge in [0.1, 0.15) is 15.9 Å². The van der Waals surface area contributed by atoms with Gasteiger partial charge in [-0.25, -0.2) is 15.0 Å². The lowest BCUT2D eigenvalue weighted by atomic mass is 10.3. The average molecular weight is 238 g/mol. The Balaban J connectivity index is 2.28. The molecule has 4 rings (SSSR count). The maximum absolute atomic E-state index is 4.61. The normalized spacial score (nSPS) is 11.5. The summed E-state index contributed by atoms with van der Waals surface area (Å²) in [6, 6.07) is 5.78. The third kappa shape index (κ3) is 1.23. The summed E-state index contributed by atoms with van der Waals surface area (Å²) < 4.78 is 1.16. The highest BCUT2D eigenvalue weighted by Crippen LogP contribution is 2.31. The van der Waals surface area contributed by atoms with E-state index >= 15 is 0 Å². The average Bonchev–Trinajstić information content (AvgIpc) is 2.73. The molecule has 0 N–H and O–H groups in total. The van der Waals surface area contributed by atoms with Gasteiger partial charge in [-0.1, -0.05) is 0 Å². The summed E-state index contributed by atoms with van der Waals surface area (Å²) >= 11 is 1.62. The molecule has 0 aliphatic rings. The second-order valence-electron chi connectivity index (χ2n) is 3.70. The number of hydrogen-bond donors (Lipinski definition) is 0. The van der Waals surface area contributed by atoms with Gasteiger partial charge < -0.3 is 0 Å². The van der Waals surface area contributed by atoms with Gasteiger partial charge in [0.15, 0.2) is 5.65 Å². The van der Waals surface area contributed by atoms with Crippen LogP contribution in [0.15, 0.2) is 36.8 Å². The first-order valence-corrected chi connectivity index (χ1v) is 5.98. The van der Waals surface area contributed by atoms with Crippen LogP contribution in [0.4, 0.5) is 0 Å². The van der Waals surface area contributed by atoms with Crippen molar-refractivity contribution in [2.24, 2.45) is 0 Å². The Hall–Kier alpha value is -2.14. The molecule has 0 amide bonds. The van der Waals surface area contributed by atoms with E-state index < -0.39 is 0 Å². The van der Waals surface area contributed by atoms with Gasteiger partial charge in [-0.3, -0.25) is 4.98 Å². The monoisotopic (exact) mass is 238 g/mol. The van der Waals surface area contributed by atoms with Crippen LogP contribution in [-0.2, 0) is 0 Å². The minimum Gasteiger partial charge on any atom is -0.264 e. The van der Waals surface area contributed by atoms with E-state index in [0.717, 1.165) is 25.9 Å². The van der Waals surface area contributed by atoms with Crippen molar-refractivity contribution >= 4 is 42.9 Å². The quantitative estimate of drug-likeness (QED) is 0.472. The Morgan fingerprint density at radius 3 is 3.06 bits per heavy atom. The molecule has 0 radical (unpaired) electrons. The Morgan fingerprint density at radius 1 is 1.06 bits per heavy atom. The van der Waals surface area contributed by atoms with E-state index in [2.05, 4.69) is 19.9 Å². The van der Waals surface area contributed by atoms with E-state index in [1.54, 1.807) is 23.7 Å². The molecule has 0 spiro atoms. The first kappa shape index (κ1) is 8.95. The van der Waals surface area contributed by atoms with E-state index in [1.807, 2.05) is 24.4 Å². The number of fused-ring (bicyclic) bond motifs is 4. The maximum Gasteiger partial charge on any atom is 0.179 e. The molecule has 0 aromatic carbocycles. The molecular weight excluding hydrogens is 232 g/mol. The molecule has 0 saturated carbocycles. The SMILES string of the molecule is c1cnc2nc3sc4ccncc4c3nc2c1. The summed E-state index contributed by atoms with van der Waals surface area (Å²) in [6.45, 7) is 0. The Morgan fingerprint density at radius 2 is 2.06 bits per heavy atom. The van der Waals surface area contributed by atoms with Crippen molar-refractivity contribution in [3.63, 3.8) is 0 Å². The summed E-state index contributed by atoms with van der Waals surface area (Å²) in [5.41, 5.74) is 2.43. The van der Waals surface area contributed by atoms with Crippen LogP contribution in [0.5, 0.6) is 0 Å². The van der Waals surface area contributed by atoms with Gasteiger partial charge >= 0.3 is 0 Å². The molecule has 17 heavy (non-hydrogen) atoms. The standard InChI is InChI=1S/C12H6N4S/c1-2-8-11(14-4-1)16-12-10(15-8)7-6-13-5-3-9(7)17-12/h1-6H. The molecular formula is C12H6N4S. The van der Waals surface area contributed by atoms with E-state index in [9.17, 15) is 0 Å². The van der Waals surface area contributed by atoms with Crippen molar-refractivity contribution in [3.8, 4) is 0 Å². The van der Waals surface area contributed by atoms with E-state index in [4.69, 9.17) is 0 Å². The first-order valence-electron chi connectivity index (χ1n) is 5.17. The zero-order chi connectivity index (χ0) is 11.2. The predicted octanol–water partition coefficient (Wildman–Crippen LogP) is 2.79. The van der Waals surface area contributed by atoms with Crippen LogP contribution in [0.2, 0.25) is 0 Å². The smallest absolute Gasteiger partial charge is 0.179 e. The second-order valence-corrected chi connectivity index (χ2v) is 4.73. The van der Waals surface area contributed by atoms with E-state index in [-0.39, 0.29) is 0 Å². The topological polar surface area (TPSA) is 51.6 Å². The highest BCUT2D eigenvalue weighted by Gasteiger charge is 2.09. The molecule has 5 heteroatoms. The molecule has 4 aromatic heterocycles. The molecule has 0 saturated heterocycles. The molecule has 0 aliphatic heterocycles. The largest absolute Gasteiger partial charge is 0.264 e. The Kier molecular flexibility index (Phi) is 1.67. The molecule has 80 valence electrons. The van der Waals surface area contributed by atoms with Crippen molar-refractivity contribution in [2.45, 2.75) is 0 Å². The third-order valence-electron chi connectivity index (χ3n) is 2.65. The summed E-state index contributed by atoms with van der Waals surface area (Å²) in [6.07, 6.45) is 5.36. The van der Waals surface area contributed by atoms with Crippen LogP contribution >= 0.6 is 11.3 Å². The van der Waals surface area contributed by atoms with Gasteiger partial charge in [0.2, 0.25) is 0 Å². The van der Waals surface area contributed by atoms with Crippen molar-refractivity contribution in [1.29, 1.82) is 0 Å². The van der Waals surface area contributed by atoms with Gasteiger partial charge in [-0.15, -0.1) is 11.3 Å². The summed E-state index contributed by atoms with van der Waals surface area (Å²) in [5.74, 6) is 0. The minimum absolute atomic E-state index is 0.694. The predicted molar refractivity (Wildman–Crippen MR) is 68.0 cm³/mol. The lowest BCUT2D eigenvalue weighted by Gasteiger charge is -1.94. The number of thiophene rings is 1. The van der Waals surface area contributed by atoms with Gasteiger partial charge in [-0.2, -0.15) is 0 Å². The molecule has 4 heterocycles. The lowest BCUT2D eigenvalue weighted by molar-refractivity contribution is 1.30. The fourth-order valence-corrected chi connectivity index (χ4v) is 2.86. The zero-order valence-corrected chi connectivity index (χ0v) is 9.48. The maximum atomic E-state index is 4.61. The molecule has 0 unspecified atom stereocenters. The van der Waals surface area contributed by atoms with Crippen LogP contribution in [0, 0.1) is 0 Å². The van der Waals surface area contributed by atoms with Crippen molar-refractivity contribution in [3.05, 3.63) is 36.8 Å². The van der Waals surface area contributed by atoms with Gasteiger partial charge in [0.05, 0.1) is 0 Å². The van der Waals surface area contributed by atoms with Gasteiger partial charge in [-0.05, 0) is 18.2 Å². The van der Waals surface area contributed by atoms with E-state index in [1.165, 1.54) is 0 Å². The van der Waals surface area contributed by atoms with Crippen LogP contribution < -0.4 is 0 Å². The minimum atomic E-state index is 0.694. The highest BCUT2D eigenvalue weighted by molar-refractivity contribution is 7.25. The highest BCUT2D eigenvalue weighted by atomic mass is 32.1. The first-order chi connectivity index (χ1) is 8.42. The number of nitrogens with zero attached hydrogens (tertiary/aromatic N) is 4. The second kappa shape index (κ2) is 3.18. The molecule has 4 nitrogen and oxygen atoms in total. The molecule has 0 atom stereocenters. The van der Waals surface area contributed by atoms with Gasteiger partial charge in [0.25, 0.3) is 0 Å².